The molecule has 0 aliphatic heterocycles. The van der Waals surface area contributed by atoms with Crippen LogP contribution in [0.1, 0.15) is 20.3 Å². The summed E-state index contributed by atoms with van der Waals surface area (Å²) >= 11 is 0. The lowest BCUT2D eigenvalue weighted by molar-refractivity contribution is 0.218. The summed E-state index contributed by atoms with van der Waals surface area (Å²) in [4.78, 5) is 7.91. The predicted molar refractivity (Wildman–Crippen MR) is 62.4 cm³/mol. The van der Waals surface area contributed by atoms with Crippen molar-refractivity contribution in [2.24, 2.45) is 0 Å². The molecule has 0 saturated carbocycles. The number of aromatic nitrogens is 2. The summed E-state index contributed by atoms with van der Waals surface area (Å²) in [5.41, 5.74) is 5.71. The molecule has 1 atom stereocenters. The maximum atomic E-state index is 9.29. The van der Waals surface area contributed by atoms with Gasteiger partial charge in [0.25, 0.3) is 0 Å². The van der Waals surface area contributed by atoms with Crippen molar-refractivity contribution >= 4 is 11.5 Å². The van der Waals surface area contributed by atoms with Crippen LogP contribution >= 0.6 is 0 Å². The summed E-state index contributed by atoms with van der Waals surface area (Å²) in [6, 6.07) is 0. The molecule has 4 N–H and O–H groups in total. The van der Waals surface area contributed by atoms with E-state index in [0.717, 1.165) is 6.42 Å². The Hall–Kier alpha value is -1.56. The van der Waals surface area contributed by atoms with E-state index in [1.54, 1.807) is 0 Å². The molecule has 6 nitrogen and oxygen atoms in total. The first-order chi connectivity index (χ1) is 7.56. The maximum absolute atomic E-state index is 9.29. The average molecular weight is 226 g/mol. The van der Waals surface area contributed by atoms with E-state index < -0.39 is 5.54 Å². The molecule has 0 fully saturated rings. The first-order valence-corrected chi connectivity index (χ1v) is 5.10. The van der Waals surface area contributed by atoms with Crippen molar-refractivity contribution in [3.05, 3.63) is 6.33 Å². The topological polar surface area (TPSA) is 93.3 Å². The highest BCUT2D eigenvalue weighted by Gasteiger charge is 2.23. The second-order valence-electron chi connectivity index (χ2n) is 3.84. The first-order valence-electron chi connectivity index (χ1n) is 5.10. The van der Waals surface area contributed by atoms with Crippen LogP contribution in [0, 0.1) is 0 Å². The number of rotatable bonds is 5. The molecule has 0 spiro atoms. The van der Waals surface area contributed by atoms with Crippen LogP contribution in [0.4, 0.5) is 11.5 Å². The molecular weight excluding hydrogens is 208 g/mol. The van der Waals surface area contributed by atoms with E-state index in [0.29, 0.717) is 17.4 Å². The highest BCUT2D eigenvalue weighted by atomic mass is 16.5. The van der Waals surface area contributed by atoms with Crippen molar-refractivity contribution in [3.8, 4) is 5.88 Å². The van der Waals surface area contributed by atoms with Crippen LogP contribution in [0.15, 0.2) is 6.33 Å². The molecule has 0 saturated heterocycles. The van der Waals surface area contributed by atoms with Gasteiger partial charge >= 0.3 is 0 Å². The van der Waals surface area contributed by atoms with Crippen molar-refractivity contribution in [2.75, 3.05) is 24.8 Å². The molecule has 0 radical (unpaired) electrons. The van der Waals surface area contributed by atoms with Gasteiger partial charge in [-0.05, 0) is 13.3 Å². The molecule has 1 aromatic rings. The second-order valence-corrected chi connectivity index (χ2v) is 3.84. The maximum Gasteiger partial charge on any atom is 0.242 e. The van der Waals surface area contributed by atoms with Gasteiger partial charge in [-0.2, -0.15) is 4.98 Å². The number of hydrogen-bond acceptors (Lipinski definition) is 6. The fourth-order valence-electron chi connectivity index (χ4n) is 1.17. The summed E-state index contributed by atoms with van der Waals surface area (Å²) < 4.78 is 4.99. The first kappa shape index (κ1) is 12.5. The van der Waals surface area contributed by atoms with E-state index in [9.17, 15) is 5.11 Å². The van der Waals surface area contributed by atoms with Crippen molar-refractivity contribution in [2.45, 2.75) is 25.8 Å². The third-order valence-corrected chi connectivity index (χ3v) is 2.59. The lowest BCUT2D eigenvalue weighted by atomic mass is 10.0. The molecule has 1 unspecified atom stereocenters. The third-order valence-electron chi connectivity index (χ3n) is 2.59. The van der Waals surface area contributed by atoms with Gasteiger partial charge in [-0.1, -0.05) is 6.92 Å². The molecule has 90 valence electrons. The zero-order valence-corrected chi connectivity index (χ0v) is 9.82. The van der Waals surface area contributed by atoms with Crippen molar-refractivity contribution in [1.29, 1.82) is 0 Å². The monoisotopic (exact) mass is 226 g/mol. The molecule has 0 aliphatic rings. The molecule has 1 heterocycles. The van der Waals surface area contributed by atoms with Gasteiger partial charge < -0.3 is 20.9 Å². The van der Waals surface area contributed by atoms with Crippen LogP contribution < -0.4 is 15.8 Å². The van der Waals surface area contributed by atoms with Crippen molar-refractivity contribution in [1.82, 2.24) is 9.97 Å². The Morgan fingerprint density at radius 3 is 2.75 bits per heavy atom. The summed E-state index contributed by atoms with van der Waals surface area (Å²) in [6.07, 6.45) is 2.11. The second kappa shape index (κ2) is 4.98. The number of nitrogens with one attached hydrogen (secondary N) is 1. The SMILES string of the molecule is CCC(C)(CO)Nc1ncnc(OC)c1N. The number of anilines is 2. The number of nitrogens with two attached hydrogens (primary N) is 1. The zero-order valence-electron chi connectivity index (χ0n) is 9.82. The largest absolute Gasteiger partial charge is 0.479 e. The minimum Gasteiger partial charge on any atom is -0.479 e. The van der Waals surface area contributed by atoms with Gasteiger partial charge in [-0.15, -0.1) is 0 Å². The third kappa shape index (κ3) is 2.52. The number of ether oxygens (including phenoxy) is 1. The smallest absolute Gasteiger partial charge is 0.242 e. The van der Waals surface area contributed by atoms with E-state index in [2.05, 4.69) is 15.3 Å². The number of aliphatic hydroxyl groups excluding tert-OH is 1. The summed E-state index contributed by atoms with van der Waals surface area (Å²) in [6.45, 7) is 3.86. The minimum atomic E-state index is -0.451. The van der Waals surface area contributed by atoms with Crippen LogP contribution in [0.25, 0.3) is 0 Å². The lowest BCUT2D eigenvalue weighted by Crippen LogP contribution is -2.38. The fraction of sp³-hybridized carbons (Fsp3) is 0.600. The Kier molecular flexibility index (Phi) is 3.89. The van der Waals surface area contributed by atoms with Gasteiger partial charge in [0.2, 0.25) is 5.88 Å². The molecule has 0 aromatic carbocycles. The standard InChI is InChI=1S/C10H18N4O2/c1-4-10(2,5-15)14-8-7(11)9(16-3)13-6-12-8/h6,15H,4-5,11H2,1-3H3,(H,12,13,14). The normalized spacial score (nSPS) is 14.2. The Balaban J connectivity index is 2.97. The van der Waals surface area contributed by atoms with Crippen LogP contribution in [0.2, 0.25) is 0 Å². The number of methoxy groups -OCH3 is 1. The fourth-order valence-corrected chi connectivity index (χ4v) is 1.17. The minimum absolute atomic E-state index is 0.00470. The van der Waals surface area contributed by atoms with Gasteiger partial charge in [0, 0.05) is 0 Å². The Bertz CT molecular complexity index is 353. The van der Waals surface area contributed by atoms with Gasteiger partial charge in [0.05, 0.1) is 19.3 Å². The quantitative estimate of drug-likeness (QED) is 0.682. The molecule has 0 amide bonds. The van der Waals surface area contributed by atoms with Gasteiger partial charge in [-0.3, -0.25) is 0 Å². The Morgan fingerprint density at radius 2 is 2.25 bits per heavy atom. The number of nitrogens with zero attached hydrogens (tertiary/aromatic N) is 2. The molecule has 16 heavy (non-hydrogen) atoms. The van der Waals surface area contributed by atoms with Crippen molar-refractivity contribution in [3.63, 3.8) is 0 Å². The Labute approximate surface area is 94.9 Å². The van der Waals surface area contributed by atoms with E-state index in [1.165, 1.54) is 13.4 Å². The summed E-state index contributed by atoms with van der Waals surface area (Å²) in [5, 5.41) is 12.4. The van der Waals surface area contributed by atoms with E-state index in [1.807, 2.05) is 13.8 Å². The molecule has 1 aromatic heterocycles. The summed E-state index contributed by atoms with van der Waals surface area (Å²) in [5.74, 6) is 0.805. The zero-order chi connectivity index (χ0) is 12.2. The van der Waals surface area contributed by atoms with E-state index in [4.69, 9.17) is 10.5 Å². The van der Waals surface area contributed by atoms with E-state index in [-0.39, 0.29) is 6.61 Å². The molecular formula is C10H18N4O2. The lowest BCUT2D eigenvalue weighted by Gasteiger charge is -2.28. The van der Waals surface area contributed by atoms with Crippen LogP contribution in [0.5, 0.6) is 5.88 Å². The van der Waals surface area contributed by atoms with Gasteiger partial charge in [0.1, 0.15) is 12.0 Å². The molecule has 0 bridgehead atoms. The van der Waals surface area contributed by atoms with E-state index >= 15 is 0 Å². The molecule has 0 aliphatic carbocycles. The number of nitrogen functional groups attached to an aromatic ring is 1. The van der Waals surface area contributed by atoms with Crippen LogP contribution in [0.3, 0.4) is 0 Å². The molecule has 6 heteroatoms. The number of hydrogen-bond donors (Lipinski definition) is 3. The average Bonchev–Trinajstić information content (AvgIpc) is 2.32. The summed E-state index contributed by atoms with van der Waals surface area (Å²) in [7, 11) is 1.49. The van der Waals surface area contributed by atoms with Crippen molar-refractivity contribution < 1.29 is 9.84 Å². The number of aliphatic hydroxyl groups is 1. The Morgan fingerprint density at radius 1 is 1.56 bits per heavy atom. The van der Waals surface area contributed by atoms with Crippen LogP contribution in [-0.2, 0) is 0 Å². The van der Waals surface area contributed by atoms with Gasteiger partial charge in [0.15, 0.2) is 5.82 Å². The predicted octanol–water partition coefficient (Wildman–Crippen LogP) is 0.640. The highest BCUT2D eigenvalue weighted by Crippen LogP contribution is 2.27. The highest BCUT2D eigenvalue weighted by molar-refractivity contribution is 5.67. The molecule has 1 rings (SSSR count). The van der Waals surface area contributed by atoms with Crippen LogP contribution in [-0.4, -0.2) is 34.3 Å². The van der Waals surface area contributed by atoms with Gasteiger partial charge in [-0.25, -0.2) is 4.98 Å².